The van der Waals surface area contributed by atoms with Crippen molar-refractivity contribution in [2.24, 2.45) is 0 Å². The molecule has 2 rings (SSSR count). The monoisotopic (exact) mass is 345 g/mol. The molecule has 1 amide bonds. The van der Waals surface area contributed by atoms with Crippen LogP contribution >= 0.6 is 11.3 Å². The number of ether oxygens (including phenoxy) is 1. The molecule has 0 bridgehead atoms. The van der Waals surface area contributed by atoms with Gasteiger partial charge in [0.05, 0.1) is 17.6 Å². The van der Waals surface area contributed by atoms with E-state index in [2.05, 4.69) is 11.4 Å². The lowest BCUT2D eigenvalue weighted by atomic mass is 10.1. The lowest BCUT2D eigenvalue weighted by molar-refractivity contribution is -0.386. The largest absolute Gasteiger partial charge is 0.490 e. The number of methoxy groups -OCH3 is 1. The van der Waals surface area contributed by atoms with Crippen LogP contribution < -0.4 is 10.1 Å². The number of benzene rings is 1. The Labute approximate surface area is 142 Å². The Balaban J connectivity index is 2.46. The lowest BCUT2D eigenvalue weighted by Gasteiger charge is -2.07. The van der Waals surface area contributed by atoms with E-state index in [-0.39, 0.29) is 11.3 Å². The van der Waals surface area contributed by atoms with Crippen LogP contribution in [0.2, 0.25) is 0 Å². The SMILES string of the molecule is CCc1c(C)sc(NC(=O)c2cccc(OC)c2[N+](=O)[O-])c1C#N. The molecule has 1 aromatic carbocycles. The summed E-state index contributed by atoms with van der Waals surface area (Å²) in [6.45, 7) is 3.79. The van der Waals surface area contributed by atoms with Gasteiger partial charge in [-0.25, -0.2) is 0 Å². The van der Waals surface area contributed by atoms with Crippen LogP contribution in [0.25, 0.3) is 0 Å². The van der Waals surface area contributed by atoms with Gasteiger partial charge in [-0.3, -0.25) is 14.9 Å². The zero-order valence-electron chi connectivity index (χ0n) is 13.4. The standard InChI is InChI=1S/C16H15N3O4S/c1-4-10-9(2)24-16(12(10)8-17)18-15(20)11-6-5-7-13(23-3)14(11)19(21)22/h5-7H,4H2,1-3H3,(H,18,20). The summed E-state index contributed by atoms with van der Waals surface area (Å²) in [5.41, 5.74) is 0.754. The van der Waals surface area contributed by atoms with E-state index in [1.54, 1.807) is 0 Å². The molecule has 0 aliphatic rings. The number of rotatable bonds is 5. The Morgan fingerprint density at radius 3 is 2.75 bits per heavy atom. The molecule has 2 aromatic rings. The highest BCUT2D eigenvalue weighted by Gasteiger charge is 2.26. The van der Waals surface area contributed by atoms with E-state index in [0.29, 0.717) is 17.0 Å². The summed E-state index contributed by atoms with van der Waals surface area (Å²) in [5.74, 6) is -0.647. The third-order valence-corrected chi connectivity index (χ3v) is 4.61. The number of hydrogen-bond acceptors (Lipinski definition) is 6. The molecule has 1 aromatic heterocycles. The second-order valence-corrected chi connectivity index (χ2v) is 6.10. The summed E-state index contributed by atoms with van der Waals surface area (Å²) in [7, 11) is 1.30. The van der Waals surface area contributed by atoms with Crippen molar-refractivity contribution in [3.8, 4) is 11.8 Å². The van der Waals surface area contributed by atoms with Crippen LogP contribution in [0, 0.1) is 28.4 Å². The van der Waals surface area contributed by atoms with Gasteiger partial charge in [-0.1, -0.05) is 13.0 Å². The molecular formula is C16H15N3O4S. The van der Waals surface area contributed by atoms with Crippen molar-refractivity contribution in [3.05, 3.63) is 49.9 Å². The molecule has 0 saturated carbocycles. The molecule has 0 saturated heterocycles. The third-order valence-electron chi connectivity index (χ3n) is 3.55. The van der Waals surface area contributed by atoms with Crippen LogP contribution in [0.5, 0.6) is 5.75 Å². The fourth-order valence-electron chi connectivity index (χ4n) is 2.44. The first kappa shape index (κ1) is 17.4. The topological polar surface area (TPSA) is 105 Å². The number of nitriles is 1. The normalized spacial score (nSPS) is 10.1. The fourth-order valence-corrected chi connectivity index (χ4v) is 3.53. The lowest BCUT2D eigenvalue weighted by Crippen LogP contribution is -2.14. The molecule has 0 unspecified atom stereocenters. The highest BCUT2D eigenvalue weighted by atomic mass is 32.1. The van der Waals surface area contributed by atoms with E-state index in [1.807, 2.05) is 13.8 Å². The van der Waals surface area contributed by atoms with Gasteiger partial charge in [0.2, 0.25) is 0 Å². The zero-order valence-corrected chi connectivity index (χ0v) is 14.2. The van der Waals surface area contributed by atoms with Crippen LogP contribution in [0.15, 0.2) is 18.2 Å². The zero-order chi connectivity index (χ0) is 17.9. The molecule has 24 heavy (non-hydrogen) atoms. The van der Waals surface area contributed by atoms with Crippen molar-refractivity contribution >= 4 is 27.9 Å². The predicted molar refractivity (Wildman–Crippen MR) is 90.8 cm³/mol. The average Bonchev–Trinajstić information content (AvgIpc) is 2.87. The predicted octanol–water partition coefficient (Wildman–Crippen LogP) is 3.66. The van der Waals surface area contributed by atoms with Crippen molar-refractivity contribution in [2.75, 3.05) is 12.4 Å². The molecule has 1 heterocycles. The van der Waals surface area contributed by atoms with Crippen LogP contribution in [0.1, 0.15) is 33.3 Å². The highest BCUT2D eigenvalue weighted by molar-refractivity contribution is 7.16. The second-order valence-electron chi connectivity index (χ2n) is 4.87. The van der Waals surface area contributed by atoms with E-state index in [0.717, 1.165) is 10.4 Å². The number of nitrogens with one attached hydrogen (secondary N) is 1. The number of anilines is 1. The molecule has 0 aliphatic carbocycles. The van der Waals surface area contributed by atoms with Crippen LogP contribution in [-0.2, 0) is 6.42 Å². The Bertz CT molecular complexity index is 852. The maximum atomic E-state index is 12.5. The van der Waals surface area contributed by atoms with E-state index >= 15 is 0 Å². The number of thiophene rings is 1. The Kier molecular flexibility index (Phi) is 5.16. The van der Waals surface area contributed by atoms with Crippen molar-refractivity contribution < 1.29 is 14.5 Å². The molecule has 0 radical (unpaired) electrons. The van der Waals surface area contributed by atoms with Gasteiger partial charge in [0, 0.05) is 4.88 Å². The molecule has 7 nitrogen and oxygen atoms in total. The number of amides is 1. The molecule has 0 atom stereocenters. The minimum absolute atomic E-state index is 0.00441. The maximum Gasteiger partial charge on any atom is 0.323 e. The molecular weight excluding hydrogens is 330 g/mol. The van der Waals surface area contributed by atoms with Crippen molar-refractivity contribution in [2.45, 2.75) is 20.3 Å². The Morgan fingerprint density at radius 1 is 1.50 bits per heavy atom. The van der Waals surface area contributed by atoms with Gasteiger partial charge < -0.3 is 10.1 Å². The van der Waals surface area contributed by atoms with Crippen LogP contribution in [0.3, 0.4) is 0 Å². The summed E-state index contributed by atoms with van der Waals surface area (Å²) in [6, 6.07) is 6.36. The van der Waals surface area contributed by atoms with Gasteiger partial charge in [0.15, 0.2) is 5.75 Å². The van der Waals surface area contributed by atoms with Gasteiger partial charge in [0.25, 0.3) is 5.91 Å². The fraction of sp³-hybridized carbons (Fsp3) is 0.250. The molecule has 0 fully saturated rings. The number of nitrogens with zero attached hydrogens (tertiary/aromatic N) is 2. The quantitative estimate of drug-likeness (QED) is 0.657. The first-order valence-electron chi connectivity index (χ1n) is 7.09. The number of aryl methyl sites for hydroxylation is 1. The highest BCUT2D eigenvalue weighted by Crippen LogP contribution is 2.35. The van der Waals surface area contributed by atoms with Crippen molar-refractivity contribution in [1.82, 2.24) is 0 Å². The van der Waals surface area contributed by atoms with Crippen LogP contribution in [0.4, 0.5) is 10.7 Å². The summed E-state index contributed by atoms with van der Waals surface area (Å²) in [5, 5.41) is 23.6. The molecule has 8 heteroatoms. The summed E-state index contributed by atoms with van der Waals surface area (Å²) in [6.07, 6.45) is 0.667. The number of carbonyl (C=O) groups is 1. The maximum absolute atomic E-state index is 12.5. The average molecular weight is 345 g/mol. The number of nitro benzene ring substituents is 1. The minimum atomic E-state index is -0.657. The van der Waals surface area contributed by atoms with Gasteiger partial charge in [0.1, 0.15) is 16.6 Å². The van der Waals surface area contributed by atoms with E-state index < -0.39 is 16.5 Å². The minimum Gasteiger partial charge on any atom is -0.490 e. The number of para-hydroxylation sites is 1. The van der Waals surface area contributed by atoms with Gasteiger partial charge in [-0.15, -0.1) is 11.3 Å². The summed E-state index contributed by atoms with van der Waals surface area (Å²) in [4.78, 5) is 24.1. The van der Waals surface area contributed by atoms with Crippen molar-refractivity contribution in [1.29, 1.82) is 5.26 Å². The van der Waals surface area contributed by atoms with E-state index in [9.17, 15) is 20.2 Å². The van der Waals surface area contributed by atoms with Crippen LogP contribution in [-0.4, -0.2) is 17.9 Å². The number of nitro groups is 1. The van der Waals surface area contributed by atoms with E-state index in [4.69, 9.17) is 4.74 Å². The van der Waals surface area contributed by atoms with Crippen molar-refractivity contribution in [3.63, 3.8) is 0 Å². The molecule has 124 valence electrons. The smallest absolute Gasteiger partial charge is 0.323 e. The Morgan fingerprint density at radius 2 is 2.21 bits per heavy atom. The number of carbonyl (C=O) groups excluding carboxylic acids is 1. The third kappa shape index (κ3) is 3.07. The summed E-state index contributed by atoms with van der Waals surface area (Å²) >= 11 is 1.28. The second kappa shape index (κ2) is 7.10. The first-order chi connectivity index (χ1) is 11.4. The van der Waals surface area contributed by atoms with Gasteiger partial charge >= 0.3 is 5.69 Å². The van der Waals surface area contributed by atoms with Gasteiger partial charge in [-0.05, 0) is 31.0 Å². The summed E-state index contributed by atoms with van der Waals surface area (Å²) < 4.78 is 4.96. The van der Waals surface area contributed by atoms with E-state index in [1.165, 1.54) is 36.6 Å². The first-order valence-corrected chi connectivity index (χ1v) is 7.91. The van der Waals surface area contributed by atoms with Gasteiger partial charge in [-0.2, -0.15) is 5.26 Å². The Hall–Kier alpha value is -2.92. The molecule has 1 N–H and O–H groups in total. The molecule has 0 spiro atoms. The molecule has 0 aliphatic heterocycles. The number of hydrogen-bond donors (Lipinski definition) is 1.